The van der Waals surface area contributed by atoms with Gasteiger partial charge in [-0.15, -0.1) is 0 Å². The van der Waals surface area contributed by atoms with Crippen LogP contribution in [0.25, 0.3) is 0 Å². The highest BCUT2D eigenvalue weighted by molar-refractivity contribution is 5.50. The highest BCUT2D eigenvalue weighted by Gasteiger charge is 2.11. The first-order valence-corrected chi connectivity index (χ1v) is 4.81. The van der Waals surface area contributed by atoms with Crippen LogP contribution in [0.3, 0.4) is 0 Å². The molecule has 0 bridgehead atoms. The van der Waals surface area contributed by atoms with Crippen molar-refractivity contribution in [1.82, 2.24) is 5.48 Å². The molecule has 1 aromatic rings. The molecule has 0 atom stereocenters. The number of benzene rings is 1. The second-order valence-electron chi connectivity index (χ2n) is 3.04. The van der Waals surface area contributed by atoms with Gasteiger partial charge in [0.15, 0.2) is 11.5 Å². The summed E-state index contributed by atoms with van der Waals surface area (Å²) in [4.78, 5) is 4.80. The first-order valence-electron chi connectivity index (χ1n) is 4.81. The minimum absolute atomic E-state index is 0.528. The number of methoxy groups -OCH3 is 3. The zero-order valence-corrected chi connectivity index (χ0v) is 9.99. The number of nitrogens with one attached hydrogen (secondary N) is 1. The van der Waals surface area contributed by atoms with Crippen LogP contribution in [0, 0.1) is 0 Å². The van der Waals surface area contributed by atoms with Crippen LogP contribution in [0.15, 0.2) is 12.1 Å². The van der Waals surface area contributed by atoms with E-state index in [-0.39, 0.29) is 0 Å². The van der Waals surface area contributed by atoms with Crippen LogP contribution in [-0.4, -0.2) is 28.4 Å². The smallest absolute Gasteiger partial charge is 0.164 e. The lowest BCUT2D eigenvalue weighted by Crippen LogP contribution is -2.12. The fourth-order valence-electron chi connectivity index (χ4n) is 1.38. The van der Waals surface area contributed by atoms with Crippen molar-refractivity contribution >= 4 is 0 Å². The molecular weight excluding hydrogens is 210 g/mol. The maximum Gasteiger partial charge on any atom is 0.164 e. The quantitative estimate of drug-likeness (QED) is 0.744. The van der Waals surface area contributed by atoms with Crippen LogP contribution in [0.4, 0.5) is 0 Å². The molecule has 16 heavy (non-hydrogen) atoms. The van der Waals surface area contributed by atoms with Gasteiger partial charge in [-0.2, -0.15) is 5.48 Å². The predicted molar refractivity (Wildman–Crippen MR) is 59.9 cm³/mol. The molecule has 0 radical (unpaired) electrons. The topological polar surface area (TPSA) is 49.0 Å². The van der Waals surface area contributed by atoms with Crippen LogP contribution in [-0.2, 0) is 11.4 Å². The van der Waals surface area contributed by atoms with Gasteiger partial charge in [-0.3, -0.25) is 0 Å². The van der Waals surface area contributed by atoms with E-state index in [1.54, 1.807) is 34.5 Å². The van der Waals surface area contributed by atoms with E-state index in [2.05, 4.69) is 5.48 Å². The molecule has 1 rings (SSSR count). The summed E-state index contributed by atoms with van der Waals surface area (Å²) < 4.78 is 15.6. The summed E-state index contributed by atoms with van der Waals surface area (Å²) in [6, 6.07) is 3.63. The third-order valence-electron chi connectivity index (χ3n) is 2.19. The minimum atomic E-state index is 0.528. The number of hydroxylamine groups is 1. The second-order valence-corrected chi connectivity index (χ2v) is 3.04. The van der Waals surface area contributed by atoms with Crippen LogP contribution in [0.1, 0.15) is 5.56 Å². The van der Waals surface area contributed by atoms with Gasteiger partial charge in [0.1, 0.15) is 5.75 Å². The summed E-state index contributed by atoms with van der Waals surface area (Å²) in [7, 11) is 6.35. The van der Waals surface area contributed by atoms with Crippen LogP contribution < -0.4 is 19.7 Å². The molecule has 5 heteroatoms. The van der Waals surface area contributed by atoms with Crippen LogP contribution in [0.5, 0.6) is 17.2 Å². The second kappa shape index (κ2) is 6.19. The molecule has 0 spiro atoms. The van der Waals surface area contributed by atoms with E-state index in [4.69, 9.17) is 19.0 Å². The predicted octanol–water partition coefficient (Wildman–Crippen LogP) is 1.36. The Morgan fingerprint density at radius 3 is 1.94 bits per heavy atom. The molecule has 0 aromatic heterocycles. The fourth-order valence-corrected chi connectivity index (χ4v) is 1.38. The van der Waals surface area contributed by atoms with Crippen LogP contribution in [0.2, 0.25) is 0 Å². The summed E-state index contributed by atoms with van der Waals surface area (Å²) >= 11 is 0. The Morgan fingerprint density at radius 1 is 0.875 bits per heavy atom. The largest absolute Gasteiger partial charge is 0.496 e. The Bertz CT molecular complexity index is 341. The summed E-state index contributed by atoms with van der Waals surface area (Å²) in [6.07, 6.45) is 0. The van der Waals surface area contributed by atoms with Crippen molar-refractivity contribution in [2.24, 2.45) is 0 Å². The fraction of sp³-hybridized carbons (Fsp3) is 0.455. The molecule has 0 unspecified atom stereocenters. The van der Waals surface area contributed by atoms with Crippen molar-refractivity contribution in [1.29, 1.82) is 0 Å². The van der Waals surface area contributed by atoms with Crippen molar-refractivity contribution < 1.29 is 19.0 Å². The molecule has 90 valence electrons. The molecule has 0 aliphatic rings. The van der Waals surface area contributed by atoms with Crippen LogP contribution >= 0.6 is 0 Å². The molecule has 5 nitrogen and oxygen atoms in total. The molecule has 0 amide bonds. The maximum absolute atomic E-state index is 5.25. The first-order chi connectivity index (χ1) is 7.76. The molecule has 0 saturated heterocycles. The van der Waals surface area contributed by atoms with Crippen molar-refractivity contribution in [2.45, 2.75) is 6.54 Å². The third-order valence-corrected chi connectivity index (χ3v) is 2.19. The van der Waals surface area contributed by atoms with Crippen molar-refractivity contribution in [3.63, 3.8) is 0 Å². The average Bonchev–Trinajstić information content (AvgIpc) is 2.35. The van der Waals surface area contributed by atoms with Gasteiger partial charge in [0.25, 0.3) is 0 Å². The number of hydrogen-bond donors (Lipinski definition) is 1. The van der Waals surface area contributed by atoms with Gasteiger partial charge < -0.3 is 19.0 Å². The van der Waals surface area contributed by atoms with Crippen molar-refractivity contribution in [3.8, 4) is 17.2 Å². The lowest BCUT2D eigenvalue weighted by atomic mass is 10.1. The van der Waals surface area contributed by atoms with Gasteiger partial charge >= 0.3 is 0 Å². The summed E-state index contributed by atoms with van der Waals surface area (Å²) in [5, 5.41) is 0. The third kappa shape index (κ3) is 2.77. The Kier molecular flexibility index (Phi) is 4.88. The Balaban J connectivity index is 3.05. The Hall–Kier alpha value is -1.46. The number of rotatable bonds is 6. The Labute approximate surface area is 95.2 Å². The highest BCUT2D eigenvalue weighted by Crippen LogP contribution is 2.34. The summed E-state index contributed by atoms with van der Waals surface area (Å²) in [5.74, 6) is 2.03. The lowest BCUT2D eigenvalue weighted by molar-refractivity contribution is 0.0860. The highest BCUT2D eigenvalue weighted by atomic mass is 16.6. The molecular formula is C11H17NO4. The van der Waals surface area contributed by atoms with Gasteiger partial charge in [0.05, 0.1) is 28.4 Å². The van der Waals surface area contributed by atoms with E-state index < -0.39 is 0 Å². The van der Waals surface area contributed by atoms with E-state index in [0.717, 1.165) is 11.3 Å². The lowest BCUT2D eigenvalue weighted by Gasteiger charge is -2.13. The molecule has 0 saturated carbocycles. The van der Waals surface area contributed by atoms with Gasteiger partial charge in [-0.1, -0.05) is 0 Å². The van der Waals surface area contributed by atoms with Crippen molar-refractivity contribution in [2.75, 3.05) is 28.4 Å². The minimum Gasteiger partial charge on any atom is -0.496 e. The SMILES string of the molecule is CONCc1cc(OC)c(OC)cc1OC. The number of hydrogen-bond acceptors (Lipinski definition) is 5. The van der Waals surface area contributed by atoms with Gasteiger partial charge in [0.2, 0.25) is 0 Å². The summed E-state index contributed by atoms with van der Waals surface area (Å²) in [6.45, 7) is 0.528. The number of ether oxygens (including phenoxy) is 3. The standard InChI is InChI=1S/C11H17NO4/c1-13-9-6-11(15-3)10(14-2)5-8(9)7-12-16-4/h5-6,12H,7H2,1-4H3. The van der Waals surface area contributed by atoms with E-state index in [1.165, 1.54) is 0 Å². The molecule has 0 heterocycles. The zero-order chi connectivity index (χ0) is 12.0. The molecule has 1 aromatic carbocycles. The molecule has 0 aliphatic heterocycles. The monoisotopic (exact) mass is 227 g/mol. The van der Waals surface area contributed by atoms with Crippen molar-refractivity contribution in [3.05, 3.63) is 17.7 Å². The molecule has 0 aliphatic carbocycles. The first kappa shape index (κ1) is 12.6. The molecule has 1 N–H and O–H groups in total. The van der Waals surface area contributed by atoms with Gasteiger partial charge in [-0.25, -0.2) is 0 Å². The normalized spacial score (nSPS) is 10.0. The van der Waals surface area contributed by atoms with E-state index in [1.807, 2.05) is 6.07 Å². The Morgan fingerprint density at radius 2 is 1.44 bits per heavy atom. The zero-order valence-electron chi connectivity index (χ0n) is 9.99. The summed E-state index contributed by atoms with van der Waals surface area (Å²) in [5.41, 5.74) is 3.68. The molecule has 0 fully saturated rings. The van der Waals surface area contributed by atoms with E-state index in [0.29, 0.717) is 18.0 Å². The maximum atomic E-state index is 5.25. The van der Waals surface area contributed by atoms with Gasteiger partial charge in [-0.05, 0) is 6.07 Å². The van der Waals surface area contributed by atoms with Gasteiger partial charge in [0, 0.05) is 18.2 Å². The van der Waals surface area contributed by atoms with E-state index >= 15 is 0 Å². The van der Waals surface area contributed by atoms with E-state index in [9.17, 15) is 0 Å². The average molecular weight is 227 g/mol.